The highest BCUT2D eigenvalue weighted by Gasteiger charge is 2.31. The molecule has 0 saturated carbocycles. The minimum Gasteiger partial charge on any atom is -0.501 e. The molecule has 0 bridgehead atoms. The van der Waals surface area contributed by atoms with E-state index in [9.17, 15) is 18.0 Å². The molecule has 0 unspecified atom stereocenters. The number of hydrogen-bond acceptors (Lipinski definition) is 7. The van der Waals surface area contributed by atoms with Crippen molar-refractivity contribution in [3.8, 4) is 11.6 Å². The summed E-state index contributed by atoms with van der Waals surface area (Å²) in [6.07, 6.45) is -0.860. The number of ether oxygens (including phenoxy) is 3. The lowest BCUT2D eigenvalue weighted by Gasteiger charge is -2.25. The molecule has 222 valence electrons. The molecule has 1 fully saturated rings. The molecular weight excluding hydrogens is 551 g/mol. The molecule has 0 spiro atoms. The molecule has 1 saturated heterocycles. The number of urea groups is 1. The maximum absolute atomic E-state index is 13.3. The number of benzene rings is 2. The van der Waals surface area contributed by atoms with Crippen LogP contribution in [0.1, 0.15) is 18.4 Å². The second-order valence-electron chi connectivity index (χ2n) is 9.44. The highest BCUT2D eigenvalue weighted by atomic mass is 19.4. The van der Waals surface area contributed by atoms with Gasteiger partial charge in [0.15, 0.2) is 0 Å². The van der Waals surface area contributed by atoms with E-state index < -0.39 is 17.8 Å². The highest BCUT2D eigenvalue weighted by Crippen LogP contribution is 2.34. The molecule has 3 aromatic rings. The first-order valence-electron chi connectivity index (χ1n) is 13.2. The van der Waals surface area contributed by atoms with Crippen molar-refractivity contribution >= 4 is 22.5 Å². The van der Waals surface area contributed by atoms with Crippen molar-refractivity contribution in [1.29, 1.82) is 0 Å². The molecule has 0 atom stereocenters. The maximum atomic E-state index is 13.3. The van der Waals surface area contributed by atoms with Gasteiger partial charge in [-0.05, 0) is 44.2 Å². The molecule has 1 aliphatic heterocycles. The quantitative estimate of drug-likeness (QED) is 0.227. The Labute approximate surface area is 241 Å². The van der Waals surface area contributed by atoms with Gasteiger partial charge >= 0.3 is 12.2 Å². The Bertz CT molecular complexity index is 1500. The summed E-state index contributed by atoms with van der Waals surface area (Å²) in [4.78, 5) is 23.9. The van der Waals surface area contributed by atoms with Gasteiger partial charge in [-0.3, -0.25) is 4.90 Å². The monoisotopic (exact) mass is 583 g/mol. The number of aryl methyl sites for hydroxylation is 1. The van der Waals surface area contributed by atoms with Crippen molar-refractivity contribution in [3.63, 3.8) is 0 Å². The van der Waals surface area contributed by atoms with Gasteiger partial charge in [0.1, 0.15) is 11.6 Å². The van der Waals surface area contributed by atoms with Crippen LogP contribution >= 0.6 is 0 Å². The maximum Gasteiger partial charge on any atom is 0.416 e. The number of morpholine rings is 1. The molecule has 2 N–H and O–H groups in total. The third kappa shape index (κ3) is 8.54. The van der Waals surface area contributed by atoms with Crippen LogP contribution < -0.4 is 15.4 Å². The van der Waals surface area contributed by atoms with Crippen molar-refractivity contribution < 1.29 is 32.2 Å². The Morgan fingerprint density at radius 1 is 1.10 bits per heavy atom. The van der Waals surface area contributed by atoms with E-state index in [0.717, 1.165) is 37.1 Å². The number of anilines is 1. The normalized spacial score (nSPS) is 15.2. The third-order valence-corrected chi connectivity index (χ3v) is 6.32. The average Bonchev–Trinajstić information content (AvgIpc) is 2.95. The van der Waals surface area contributed by atoms with Crippen LogP contribution in [0.3, 0.4) is 0 Å². The molecule has 42 heavy (non-hydrogen) atoms. The van der Waals surface area contributed by atoms with Gasteiger partial charge in [-0.15, -0.1) is 0 Å². The minimum absolute atomic E-state index is 0.304. The number of carbonyl (C=O) groups excluding carboxylic acids is 1. The topological polar surface area (TPSA) is 97.8 Å². The second-order valence-corrected chi connectivity index (χ2v) is 9.44. The number of nitrogens with zero attached hydrogens (tertiary/aromatic N) is 3. The van der Waals surface area contributed by atoms with E-state index in [1.807, 2.05) is 19.1 Å². The fourth-order valence-corrected chi connectivity index (χ4v) is 4.15. The molecule has 1 aliphatic rings. The molecule has 1 aromatic heterocycles. The van der Waals surface area contributed by atoms with Crippen molar-refractivity contribution in [2.75, 3.05) is 38.7 Å². The summed E-state index contributed by atoms with van der Waals surface area (Å²) < 4.78 is 56.4. The first-order chi connectivity index (χ1) is 20.1. The van der Waals surface area contributed by atoms with Crippen molar-refractivity contribution in [2.24, 2.45) is 0 Å². The van der Waals surface area contributed by atoms with E-state index in [1.165, 1.54) is 20.1 Å². The smallest absolute Gasteiger partial charge is 0.416 e. The standard InChI is InChI=1S/C30H32F3N5O4/c1-20-18-28(37-27(35-20)19-38-14-16-41-17-15-38)42-26-11-10-25(23-6-4-5-7-24(23)26)36-29(39)34-13-12-22(30(31,32)33)9-8-21(2)40-3/h4-13,18H,14-17,19H2,1-3H3,(H2,34,36,39)/b13-12+,21-8+,22-9+. The van der Waals surface area contributed by atoms with E-state index in [1.54, 1.807) is 30.3 Å². The van der Waals surface area contributed by atoms with Crippen LogP contribution in [0, 0.1) is 6.92 Å². The molecule has 9 nitrogen and oxygen atoms in total. The van der Waals surface area contributed by atoms with E-state index >= 15 is 0 Å². The zero-order chi connectivity index (χ0) is 30.1. The molecule has 12 heteroatoms. The predicted molar refractivity (Wildman–Crippen MR) is 153 cm³/mol. The van der Waals surface area contributed by atoms with Crippen LogP contribution in [-0.4, -0.2) is 60.5 Å². The SMILES string of the molecule is CO/C(C)=C/C=C(\C=C\NC(=O)Nc1ccc(Oc2cc(C)nc(CN3CCOCC3)n2)c2ccccc12)C(F)(F)F. The summed E-state index contributed by atoms with van der Waals surface area (Å²) in [5.41, 5.74) is 0.254. The zero-order valence-corrected chi connectivity index (χ0v) is 23.5. The predicted octanol–water partition coefficient (Wildman–Crippen LogP) is 6.24. The average molecular weight is 584 g/mol. The fraction of sp³-hybridized carbons (Fsp3) is 0.300. The minimum atomic E-state index is -4.61. The van der Waals surface area contributed by atoms with Crippen LogP contribution in [0.5, 0.6) is 11.6 Å². The number of halogens is 3. The fourth-order valence-electron chi connectivity index (χ4n) is 4.15. The van der Waals surface area contributed by atoms with E-state index in [2.05, 4.69) is 25.5 Å². The Hall–Kier alpha value is -4.42. The zero-order valence-electron chi connectivity index (χ0n) is 23.5. The molecular formula is C30H32F3N5O4. The first kappa shape index (κ1) is 30.5. The van der Waals surface area contributed by atoms with Gasteiger partial charge in [0, 0.05) is 41.8 Å². The van der Waals surface area contributed by atoms with Crippen LogP contribution in [0.15, 0.2) is 78.2 Å². The van der Waals surface area contributed by atoms with Crippen molar-refractivity contribution in [3.05, 3.63) is 89.7 Å². The Balaban J connectivity index is 1.48. The Morgan fingerprint density at radius 3 is 2.55 bits per heavy atom. The van der Waals surface area contributed by atoms with Gasteiger partial charge in [-0.2, -0.15) is 18.2 Å². The lowest BCUT2D eigenvalue weighted by atomic mass is 10.1. The van der Waals surface area contributed by atoms with Crippen LogP contribution in [0.25, 0.3) is 10.8 Å². The summed E-state index contributed by atoms with van der Waals surface area (Å²) >= 11 is 0. The second kappa shape index (κ2) is 14.0. The number of allylic oxidation sites excluding steroid dienone is 5. The lowest BCUT2D eigenvalue weighted by Crippen LogP contribution is -2.36. The van der Waals surface area contributed by atoms with Gasteiger partial charge in [0.25, 0.3) is 0 Å². The summed E-state index contributed by atoms with van der Waals surface area (Å²) in [6, 6.07) is 11.7. The third-order valence-electron chi connectivity index (χ3n) is 6.32. The van der Waals surface area contributed by atoms with Crippen LogP contribution in [0.4, 0.5) is 23.7 Å². The Kier molecular flexibility index (Phi) is 10.2. The number of aromatic nitrogens is 2. The van der Waals surface area contributed by atoms with Gasteiger partial charge in [-0.1, -0.05) is 24.3 Å². The first-order valence-corrected chi connectivity index (χ1v) is 13.2. The highest BCUT2D eigenvalue weighted by molar-refractivity contribution is 6.04. The summed E-state index contributed by atoms with van der Waals surface area (Å²) in [6.45, 7) is 6.95. The molecule has 4 rings (SSSR count). The summed E-state index contributed by atoms with van der Waals surface area (Å²) in [5, 5.41) is 6.38. The number of amides is 2. The molecule has 0 radical (unpaired) electrons. The van der Waals surface area contributed by atoms with Gasteiger partial charge in [0.05, 0.1) is 43.9 Å². The van der Waals surface area contributed by atoms with E-state index in [0.29, 0.717) is 59.4 Å². The largest absolute Gasteiger partial charge is 0.501 e. The molecule has 2 aromatic carbocycles. The van der Waals surface area contributed by atoms with Gasteiger partial charge < -0.3 is 24.8 Å². The number of methoxy groups -OCH3 is 1. The molecule has 0 aliphatic carbocycles. The summed E-state index contributed by atoms with van der Waals surface area (Å²) in [7, 11) is 1.36. The molecule has 2 heterocycles. The van der Waals surface area contributed by atoms with Crippen LogP contribution in [-0.2, 0) is 16.0 Å². The van der Waals surface area contributed by atoms with E-state index in [-0.39, 0.29) is 0 Å². The number of rotatable bonds is 9. The van der Waals surface area contributed by atoms with Crippen molar-refractivity contribution in [1.82, 2.24) is 20.2 Å². The van der Waals surface area contributed by atoms with Gasteiger partial charge in [0.2, 0.25) is 5.88 Å². The lowest BCUT2D eigenvalue weighted by molar-refractivity contribution is -0.0882. The van der Waals surface area contributed by atoms with Gasteiger partial charge in [-0.25, -0.2) is 9.78 Å². The molecule has 2 amide bonds. The Morgan fingerprint density at radius 2 is 1.83 bits per heavy atom. The number of hydrogen-bond donors (Lipinski definition) is 2. The van der Waals surface area contributed by atoms with E-state index in [4.69, 9.17) is 14.2 Å². The number of fused-ring (bicyclic) bond motifs is 1. The summed E-state index contributed by atoms with van der Waals surface area (Å²) in [5.74, 6) is 1.86. The van der Waals surface area contributed by atoms with Crippen molar-refractivity contribution in [2.45, 2.75) is 26.6 Å². The number of nitrogens with one attached hydrogen (secondary N) is 2. The number of carbonyl (C=O) groups is 1. The van der Waals surface area contributed by atoms with Crippen LogP contribution in [0.2, 0.25) is 0 Å². The number of alkyl halides is 3.